The number of nitrogens with zero attached hydrogens (tertiary/aromatic N) is 1. The van der Waals surface area contributed by atoms with E-state index in [9.17, 15) is 9.59 Å². The van der Waals surface area contributed by atoms with Gasteiger partial charge in [-0.25, -0.2) is 0 Å². The number of imide groups is 1. The van der Waals surface area contributed by atoms with Crippen molar-refractivity contribution in [2.24, 2.45) is 0 Å². The molecule has 3 aromatic carbocycles. The van der Waals surface area contributed by atoms with Gasteiger partial charge in [-0.2, -0.15) is 0 Å². The summed E-state index contributed by atoms with van der Waals surface area (Å²) >= 11 is 0. The molecule has 0 unspecified atom stereocenters. The standard InChI is InChI=1S/C25H21N5O2/c26-18-12-6-4-10-16(18)22(28)20-21(23(29)17-11-5-7-13-19(17)27)25(32)30(24(20)31)14-15-8-2-1-3-9-15/h1-13,28-29H,14,26-27H2/p+1. The van der Waals surface area contributed by atoms with Crippen LogP contribution in [0, 0.1) is 5.41 Å². The Morgan fingerprint density at radius 3 is 1.84 bits per heavy atom. The van der Waals surface area contributed by atoms with E-state index in [4.69, 9.17) is 22.3 Å². The van der Waals surface area contributed by atoms with E-state index < -0.39 is 11.8 Å². The van der Waals surface area contributed by atoms with Gasteiger partial charge in [0.15, 0.2) is 0 Å². The van der Waals surface area contributed by atoms with Crippen LogP contribution in [0.1, 0.15) is 16.7 Å². The molecule has 32 heavy (non-hydrogen) atoms. The molecular weight excluding hydrogens is 402 g/mol. The SMILES string of the molecule is N=C(C1=C(C(=[NH2+])c2ccccc2N)C(=O)N(Cc2ccccc2)C1=O)c1ccccc1N. The molecule has 0 fully saturated rings. The quantitative estimate of drug-likeness (QED) is 0.269. The summed E-state index contributed by atoms with van der Waals surface area (Å²) in [7, 11) is 0. The number of para-hydroxylation sites is 2. The van der Waals surface area contributed by atoms with Crippen LogP contribution in [-0.2, 0) is 16.1 Å². The summed E-state index contributed by atoms with van der Waals surface area (Å²) in [4.78, 5) is 28.0. The monoisotopic (exact) mass is 424 g/mol. The summed E-state index contributed by atoms with van der Waals surface area (Å²) in [5, 5.41) is 15.2. The molecule has 0 radical (unpaired) electrons. The highest BCUT2D eigenvalue weighted by atomic mass is 16.2. The average Bonchev–Trinajstić information content (AvgIpc) is 3.04. The number of carbonyl (C=O) groups excluding carboxylic acids is 2. The molecule has 1 heterocycles. The average molecular weight is 424 g/mol. The first-order valence-corrected chi connectivity index (χ1v) is 9.96. The number of amides is 2. The van der Waals surface area contributed by atoms with Gasteiger partial charge in [-0.15, -0.1) is 0 Å². The molecule has 7 heteroatoms. The number of nitrogen functional groups attached to an aromatic ring is 2. The van der Waals surface area contributed by atoms with Crippen molar-refractivity contribution >= 4 is 34.6 Å². The van der Waals surface area contributed by atoms with Gasteiger partial charge in [-0.3, -0.25) is 25.3 Å². The van der Waals surface area contributed by atoms with E-state index in [1.807, 2.05) is 30.3 Å². The topological polar surface area (TPSA) is 139 Å². The van der Waals surface area contributed by atoms with Crippen molar-refractivity contribution in [1.29, 1.82) is 5.41 Å². The van der Waals surface area contributed by atoms with Crippen LogP contribution in [0.2, 0.25) is 0 Å². The molecule has 7 N–H and O–H groups in total. The van der Waals surface area contributed by atoms with Crippen molar-refractivity contribution < 1.29 is 15.0 Å². The molecule has 1 aliphatic heterocycles. The van der Waals surface area contributed by atoms with Crippen LogP contribution in [0.15, 0.2) is 90.0 Å². The summed E-state index contributed by atoms with van der Waals surface area (Å²) in [6, 6.07) is 22.7. The molecular formula is C25H22N5O2+. The zero-order valence-electron chi connectivity index (χ0n) is 17.2. The summed E-state index contributed by atoms with van der Waals surface area (Å²) in [6.07, 6.45) is 0. The third kappa shape index (κ3) is 3.56. The van der Waals surface area contributed by atoms with Crippen LogP contribution >= 0.6 is 0 Å². The van der Waals surface area contributed by atoms with Gasteiger partial charge < -0.3 is 11.5 Å². The summed E-state index contributed by atoms with van der Waals surface area (Å²) in [5.41, 5.74) is 14.1. The molecule has 0 atom stereocenters. The first kappa shape index (κ1) is 20.7. The van der Waals surface area contributed by atoms with Crippen LogP contribution in [0.5, 0.6) is 0 Å². The van der Waals surface area contributed by atoms with E-state index >= 15 is 0 Å². The molecule has 0 saturated carbocycles. The lowest BCUT2D eigenvalue weighted by molar-refractivity contribution is -0.138. The van der Waals surface area contributed by atoms with Crippen LogP contribution in [0.25, 0.3) is 0 Å². The number of nitrogens with one attached hydrogen (secondary N) is 1. The Hall–Kier alpha value is -4.52. The Labute approximate surface area is 185 Å². The summed E-state index contributed by atoms with van der Waals surface area (Å²) in [6.45, 7) is 0.0562. The van der Waals surface area contributed by atoms with Gasteiger partial charge in [0.1, 0.15) is 5.57 Å². The second-order valence-corrected chi connectivity index (χ2v) is 7.40. The van der Waals surface area contributed by atoms with Crippen molar-refractivity contribution in [3.05, 3.63) is 107 Å². The first-order chi connectivity index (χ1) is 15.4. The van der Waals surface area contributed by atoms with Crippen molar-refractivity contribution in [2.75, 3.05) is 11.5 Å². The van der Waals surface area contributed by atoms with Crippen molar-refractivity contribution in [2.45, 2.75) is 6.54 Å². The Bertz CT molecular complexity index is 1210. The number of anilines is 2. The third-order valence-corrected chi connectivity index (χ3v) is 5.35. The second-order valence-electron chi connectivity index (χ2n) is 7.40. The van der Waals surface area contributed by atoms with Crippen molar-refractivity contribution in [1.82, 2.24) is 4.90 Å². The molecule has 1 aliphatic rings. The van der Waals surface area contributed by atoms with Crippen LogP contribution in [0.3, 0.4) is 0 Å². The van der Waals surface area contributed by atoms with Gasteiger partial charge in [0.25, 0.3) is 11.8 Å². The van der Waals surface area contributed by atoms with E-state index in [1.165, 1.54) is 0 Å². The molecule has 0 bridgehead atoms. The number of benzene rings is 3. The minimum absolute atomic E-state index is 0.0444. The van der Waals surface area contributed by atoms with E-state index in [0.29, 0.717) is 22.5 Å². The molecule has 3 aromatic rings. The van der Waals surface area contributed by atoms with Crippen LogP contribution in [0.4, 0.5) is 11.4 Å². The third-order valence-electron chi connectivity index (χ3n) is 5.35. The molecule has 2 amide bonds. The Kier molecular flexibility index (Phi) is 5.39. The lowest BCUT2D eigenvalue weighted by atomic mass is 9.92. The smallest absolute Gasteiger partial charge is 0.268 e. The van der Waals surface area contributed by atoms with E-state index in [0.717, 1.165) is 10.5 Å². The molecule has 0 aliphatic carbocycles. The lowest BCUT2D eigenvalue weighted by Gasteiger charge is -2.15. The number of nitrogens with two attached hydrogens (primary N) is 3. The van der Waals surface area contributed by atoms with Gasteiger partial charge >= 0.3 is 0 Å². The highest BCUT2D eigenvalue weighted by molar-refractivity contribution is 6.45. The fourth-order valence-corrected chi connectivity index (χ4v) is 3.70. The van der Waals surface area contributed by atoms with Crippen LogP contribution < -0.4 is 16.9 Å². The number of rotatable bonds is 6. The van der Waals surface area contributed by atoms with E-state index in [1.54, 1.807) is 48.5 Å². The lowest BCUT2D eigenvalue weighted by Crippen LogP contribution is -2.44. The fourth-order valence-electron chi connectivity index (χ4n) is 3.70. The minimum Gasteiger partial charge on any atom is -0.398 e. The van der Waals surface area contributed by atoms with E-state index in [-0.39, 0.29) is 29.1 Å². The van der Waals surface area contributed by atoms with Gasteiger partial charge in [0.05, 0.1) is 23.4 Å². The minimum atomic E-state index is -0.598. The maximum absolute atomic E-state index is 13.5. The maximum atomic E-state index is 13.5. The number of carbonyl (C=O) groups is 2. The van der Waals surface area contributed by atoms with Gasteiger partial charge in [-0.05, 0) is 23.8 Å². The molecule has 0 saturated heterocycles. The number of hydrogen-bond acceptors (Lipinski definition) is 5. The zero-order valence-corrected chi connectivity index (χ0v) is 17.2. The molecule has 4 rings (SSSR count). The number of hydrogen-bond donors (Lipinski definition) is 4. The second kappa shape index (κ2) is 8.31. The maximum Gasteiger partial charge on any atom is 0.268 e. The van der Waals surface area contributed by atoms with Crippen LogP contribution in [-0.4, -0.2) is 28.1 Å². The molecule has 158 valence electrons. The molecule has 0 spiro atoms. The predicted octanol–water partition coefficient (Wildman–Crippen LogP) is 1.33. The Morgan fingerprint density at radius 2 is 1.25 bits per heavy atom. The van der Waals surface area contributed by atoms with Crippen molar-refractivity contribution in [3.63, 3.8) is 0 Å². The fraction of sp³-hybridized carbons (Fsp3) is 0.0400. The first-order valence-electron chi connectivity index (χ1n) is 9.96. The van der Waals surface area contributed by atoms with Gasteiger partial charge in [-0.1, -0.05) is 60.7 Å². The Balaban J connectivity index is 1.84. The van der Waals surface area contributed by atoms with Crippen molar-refractivity contribution in [3.8, 4) is 0 Å². The molecule has 0 aromatic heterocycles. The highest BCUT2D eigenvalue weighted by Gasteiger charge is 2.44. The predicted molar refractivity (Wildman–Crippen MR) is 124 cm³/mol. The summed E-state index contributed by atoms with van der Waals surface area (Å²) in [5.74, 6) is -1.17. The summed E-state index contributed by atoms with van der Waals surface area (Å²) < 4.78 is 0. The Morgan fingerprint density at radius 1 is 0.750 bits per heavy atom. The normalized spacial score (nSPS) is 13.6. The molecule has 7 nitrogen and oxygen atoms in total. The zero-order chi connectivity index (χ0) is 22.8. The van der Waals surface area contributed by atoms with Gasteiger partial charge in [0, 0.05) is 16.9 Å². The van der Waals surface area contributed by atoms with Gasteiger partial charge in [0.2, 0.25) is 5.71 Å². The largest absolute Gasteiger partial charge is 0.398 e. The van der Waals surface area contributed by atoms with E-state index in [2.05, 4.69) is 0 Å². The highest BCUT2D eigenvalue weighted by Crippen LogP contribution is 2.30.